The molecule has 21 heavy (non-hydrogen) atoms. The standard InChI is InChI=1S/C18H28N2O/c1-14-11-15(2)13-20(12-14)10-6-9-19-18(21)17-8-5-4-7-16(17)3/h4-5,7-8,14-15H,6,9-13H2,1-3H3,(H,19,21). The molecule has 0 aliphatic carbocycles. The number of carbonyl (C=O) groups excluding carboxylic acids is 1. The van der Waals surface area contributed by atoms with Gasteiger partial charge in [-0.05, 0) is 49.8 Å². The summed E-state index contributed by atoms with van der Waals surface area (Å²) < 4.78 is 0. The highest BCUT2D eigenvalue weighted by Gasteiger charge is 2.21. The maximum atomic E-state index is 12.1. The Bertz CT molecular complexity index is 462. The minimum absolute atomic E-state index is 0.0495. The molecule has 116 valence electrons. The predicted octanol–water partition coefficient (Wildman–Crippen LogP) is 3.09. The summed E-state index contributed by atoms with van der Waals surface area (Å²) >= 11 is 0. The largest absolute Gasteiger partial charge is 0.352 e. The molecule has 3 heteroatoms. The summed E-state index contributed by atoms with van der Waals surface area (Å²) in [5.74, 6) is 1.65. The van der Waals surface area contributed by atoms with Gasteiger partial charge in [0, 0.05) is 25.2 Å². The number of hydrogen-bond acceptors (Lipinski definition) is 2. The Morgan fingerprint density at radius 2 is 1.90 bits per heavy atom. The number of nitrogens with one attached hydrogen (secondary N) is 1. The molecule has 1 aromatic rings. The molecule has 1 aromatic carbocycles. The zero-order chi connectivity index (χ0) is 15.2. The lowest BCUT2D eigenvalue weighted by Crippen LogP contribution is -2.40. The van der Waals surface area contributed by atoms with Crippen LogP contribution in [0.15, 0.2) is 24.3 Å². The molecule has 1 fully saturated rings. The first-order chi connectivity index (χ1) is 10.1. The minimum atomic E-state index is 0.0495. The van der Waals surface area contributed by atoms with Crippen molar-refractivity contribution in [2.24, 2.45) is 11.8 Å². The fourth-order valence-electron chi connectivity index (χ4n) is 3.40. The lowest BCUT2D eigenvalue weighted by Gasteiger charge is -2.34. The quantitative estimate of drug-likeness (QED) is 0.844. The van der Waals surface area contributed by atoms with Crippen molar-refractivity contribution in [2.45, 2.75) is 33.6 Å². The molecule has 1 aliphatic rings. The zero-order valence-corrected chi connectivity index (χ0v) is 13.6. The number of piperidine rings is 1. The van der Waals surface area contributed by atoms with Crippen molar-refractivity contribution in [3.63, 3.8) is 0 Å². The van der Waals surface area contributed by atoms with E-state index in [2.05, 4.69) is 24.1 Å². The van der Waals surface area contributed by atoms with Crippen LogP contribution in [0.2, 0.25) is 0 Å². The second-order valence-electron chi connectivity index (χ2n) is 6.63. The molecule has 0 spiro atoms. The van der Waals surface area contributed by atoms with Crippen LogP contribution >= 0.6 is 0 Å². The number of hydrogen-bond donors (Lipinski definition) is 1. The van der Waals surface area contributed by atoms with Crippen LogP contribution in [-0.4, -0.2) is 37.0 Å². The summed E-state index contributed by atoms with van der Waals surface area (Å²) in [7, 11) is 0. The van der Waals surface area contributed by atoms with Crippen LogP contribution in [-0.2, 0) is 0 Å². The molecular weight excluding hydrogens is 260 g/mol. The first kappa shape index (κ1) is 16.0. The van der Waals surface area contributed by atoms with E-state index in [0.717, 1.165) is 42.5 Å². The number of aryl methyl sites for hydroxylation is 1. The molecule has 1 heterocycles. The normalized spacial score (nSPS) is 23.0. The summed E-state index contributed by atoms with van der Waals surface area (Å²) in [4.78, 5) is 14.6. The topological polar surface area (TPSA) is 32.3 Å². The Morgan fingerprint density at radius 1 is 1.24 bits per heavy atom. The molecule has 1 aliphatic heterocycles. The lowest BCUT2D eigenvalue weighted by molar-refractivity contribution is 0.0946. The Morgan fingerprint density at radius 3 is 2.57 bits per heavy atom. The summed E-state index contributed by atoms with van der Waals surface area (Å²) in [5.41, 5.74) is 1.83. The van der Waals surface area contributed by atoms with E-state index in [4.69, 9.17) is 0 Å². The van der Waals surface area contributed by atoms with E-state index in [-0.39, 0.29) is 5.91 Å². The van der Waals surface area contributed by atoms with E-state index < -0.39 is 0 Å². The second kappa shape index (κ2) is 7.60. The summed E-state index contributed by atoms with van der Waals surface area (Å²) in [6.07, 6.45) is 2.37. The maximum absolute atomic E-state index is 12.1. The first-order valence-corrected chi connectivity index (χ1v) is 8.12. The van der Waals surface area contributed by atoms with Crippen molar-refractivity contribution in [3.05, 3.63) is 35.4 Å². The smallest absolute Gasteiger partial charge is 0.251 e. The number of nitrogens with zero attached hydrogens (tertiary/aromatic N) is 1. The number of likely N-dealkylation sites (tertiary alicyclic amines) is 1. The predicted molar refractivity (Wildman–Crippen MR) is 87.5 cm³/mol. The highest BCUT2D eigenvalue weighted by molar-refractivity contribution is 5.95. The molecule has 1 N–H and O–H groups in total. The van der Waals surface area contributed by atoms with Gasteiger partial charge >= 0.3 is 0 Å². The molecule has 3 nitrogen and oxygen atoms in total. The van der Waals surface area contributed by atoms with Gasteiger partial charge in [0.05, 0.1) is 0 Å². The highest BCUT2D eigenvalue weighted by Crippen LogP contribution is 2.20. The number of carbonyl (C=O) groups is 1. The molecule has 0 radical (unpaired) electrons. The summed E-state index contributed by atoms with van der Waals surface area (Å²) in [6.45, 7) is 10.9. The van der Waals surface area contributed by atoms with Crippen LogP contribution in [0.3, 0.4) is 0 Å². The van der Waals surface area contributed by atoms with E-state index in [1.165, 1.54) is 19.5 Å². The van der Waals surface area contributed by atoms with Crippen molar-refractivity contribution >= 4 is 5.91 Å². The van der Waals surface area contributed by atoms with Gasteiger partial charge in [0.2, 0.25) is 0 Å². The maximum Gasteiger partial charge on any atom is 0.251 e. The molecule has 0 saturated carbocycles. The summed E-state index contributed by atoms with van der Waals surface area (Å²) in [6, 6.07) is 7.74. The van der Waals surface area contributed by atoms with Gasteiger partial charge in [-0.2, -0.15) is 0 Å². The highest BCUT2D eigenvalue weighted by atomic mass is 16.1. The average molecular weight is 288 g/mol. The van der Waals surface area contributed by atoms with Gasteiger partial charge in [0.25, 0.3) is 5.91 Å². The number of benzene rings is 1. The third kappa shape index (κ3) is 4.85. The van der Waals surface area contributed by atoms with Crippen LogP contribution in [0.1, 0.15) is 42.6 Å². The van der Waals surface area contributed by atoms with Crippen molar-refractivity contribution in [3.8, 4) is 0 Å². The lowest BCUT2D eigenvalue weighted by atomic mass is 9.92. The monoisotopic (exact) mass is 288 g/mol. The van der Waals surface area contributed by atoms with Crippen LogP contribution in [0, 0.1) is 18.8 Å². The fraction of sp³-hybridized carbons (Fsp3) is 0.611. The van der Waals surface area contributed by atoms with Crippen molar-refractivity contribution < 1.29 is 4.79 Å². The number of rotatable bonds is 5. The van der Waals surface area contributed by atoms with Crippen LogP contribution in [0.25, 0.3) is 0 Å². The molecular formula is C18H28N2O. The van der Waals surface area contributed by atoms with E-state index in [0.29, 0.717) is 0 Å². The molecule has 0 bridgehead atoms. The van der Waals surface area contributed by atoms with Gasteiger partial charge in [-0.25, -0.2) is 0 Å². The molecule has 2 atom stereocenters. The van der Waals surface area contributed by atoms with Gasteiger partial charge in [-0.15, -0.1) is 0 Å². The van der Waals surface area contributed by atoms with Crippen molar-refractivity contribution in [2.75, 3.05) is 26.2 Å². The van der Waals surface area contributed by atoms with Gasteiger partial charge < -0.3 is 10.2 Å². The summed E-state index contributed by atoms with van der Waals surface area (Å²) in [5, 5.41) is 3.04. The third-order valence-corrected chi connectivity index (χ3v) is 4.27. The van der Waals surface area contributed by atoms with Crippen LogP contribution < -0.4 is 5.32 Å². The molecule has 0 aromatic heterocycles. The van der Waals surface area contributed by atoms with Gasteiger partial charge in [0.15, 0.2) is 0 Å². The Hall–Kier alpha value is -1.35. The van der Waals surface area contributed by atoms with E-state index in [1.54, 1.807) is 0 Å². The van der Waals surface area contributed by atoms with E-state index in [9.17, 15) is 4.79 Å². The Balaban J connectivity index is 1.70. The Kier molecular flexibility index (Phi) is 5.80. The first-order valence-electron chi connectivity index (χ1n) is 8.12. The SMILES string of the molecule is Cc1ccccc1C(=O)NCCCN1CC(C)CC(C)C1. The number of amides is 1. The van der Waals surface area contributed by atoms with Crippen LogP contribution in [0.4, 0.5) is 0 Å². The molecule has 1 saturated heterocycles. The van der Waals surface area contributed by atoms with E-state index in [1.807, 2.05) is 31.2 Å². The van der Waals surface area contributed by atoms with Gasteiger partial charge in [-0.3, -0.25) is 4.79 Å². The fourth-order valence-corrected chi connectivity index (χ4v) is 3.40. The second-order valence-corrected chi connectivity index (χ2v) is 6.63. The average Bonchev–Trinajstić information content (AvgIpc) is 2.43. The van der Waals surface area contributed by atoms with Gasteiger partial charge in [-0.1, -0.05) is 32.0 Å². The third-order valence-electron chi connectivity index (χ3n) is 4.27. The molecule has 2 unspecified atom stereocenters. The minimum Gasteiger partial charge on any atom is -0.352 e. The van der Waals surface area contributed by atoms with Gasteiger partial charge in [0.1, 0.15) is 0 Å². The van der Waals surface area contributed by atoms with Crippen molar-refractivity contribution in [1.29, 1.82) is 0 Å². The van der Waals surface area contributed by atoms with Crippen molar-refractivity contribution in [1.82, 2.24) is 10.2 Å². The Labute approximate surface area is 128 Å². The van der Waals surface area contributed by atoms with E-state index >= 15 is 0 Å². The molecule has 2 rings (SSSR count). The van der Waals surface area contributed by atoms with Crippen LogP contribution in [0.5, 0.6) is 0 Å². The molecule has 1 amide bonds. The zero-order valence-electron chi connectivity index (χ0n) is 13.6.